The fourth-order valence-corrected chi connectivity index (χ4v) is 3.42. The summed E-state index contributed by atoms with van der Waals surface area (Å²) >= 11 is 0. The number of carboxylic acids is 1. The molecule has 0 rings (SSSR count). The number of hydrogen-bond acceptors (Lipinski definition) is 2. The van der Waals surface area contributed by atoms with Crippen molar-refractivity contribution in [3.05, 3.63) is 12.2 Å². The molecule has 0 amide bonds. The second-order valence-electron chi connectivity index (χ2n) is 7.99. The number of carboxylic acid groups (broad SMARTS) is 1. The first-order chi connectivity index (χ1) is 13.2. The maximum atomic E-state index is 10.5. The fourth-order valence-electron chi connectivity index (χ4n) is 3.42. The smallest absolute Gasteiger partial charge is 0.332 e. The fraction of sp³-hybridized carbons (Fsp3) is 0.875. The minimum atomic E-state index is -1.17. The summed E-state index contributed by atoms with van der Waals surface area (Å²) in [7, 11) is 0. The van der Waals surface area contributed by atoms with E-state index in [0.717, 1.165) is 12.8 Å². The Labute approximate surface area is 168 Å². The lowest BCUT2D eigenvalue weighted by molar-refractivity contribution is -0.146. The van der Waals surface area contributed by atoms with Gasteiger partial charge in [0.15, 0.2) is 6.10 Å². The second kappa shape index (κ2) is 21.5. The van der Waals surface area contributed by atoms with Crippen LogP contribution < -0.4 is 0 Å². The highest BCUT2D eigenvalue weighted by Crippen LogP contribution is 2.13. The monoisotopic (exact) mass is 382 g/mol. The lowest BCUT2D eigenvalue weighted by atomic mass is 10.0. The molecule has 0 saturated carbocycles. The van der Waals surface area contributed by atoms with Gasteiger partial charge in [0.25, 0.3) is 0 Å². The average molecular weight is 383 g/mol. The molecule has 3 nitrogen and oxygen atoms in total. The number of allylic oxidation sites excluding steroid dienone is 2. The van der Waals surface area contributed by atoms with Gasteiger partial charge in [-0.05, 0) is 32.1 Å². The van der Waals surface area contributed by atoms with Crippen LogP contribution in [0.3, 0.4) is 0 Å². The Morgan fingerprint density at radius 1 is 0.667 bits per heavy atom. The van der Waals surface area contributed by atoms with E-state index in [2.05, 4.69) is 19.1 Å². The number of unbranched alkanes of at least 4 members (excludes halogenated alkanes) is 16. The molecule has 0 aromatic rings. The summed E-state index contributed by atoms with van der Waals surface area (Å²) in [6.07, 6.45) is 27.1. The summed E-state index contributed by atoms with van der Waals surface area (Å²) in [4.78, 5) is 10.5. The van der Waals surface area contributed by atoms with Gasteiger partial charge in [0.2, 0.25) is 0 Å². The van der Waals surface area contributed by atoms with Crippen molar-refractivity contribution in [2.75, 3.05) is 0 Å². The summed E-state index contributed by atoms with van der Waals surface area (Å²) in [5, 5.41) is 17.8. The molecule has 0 bridgehead atoms. The highest BCUT2D eigenvalue weighted by molar-refractivity contribution is 5.71. The van der Waals surface area contributed by atoms with Gasteiger partial charge in [-0.15, -0.1) is 0 Å². The number of aliphatic carboxylic acids is 1. The number of hydrogen-bond donors (Lipinski definition) is 2. The molecule has 0 aliphatic carbocycles. The van der Waals surface area contributed by atoms with E-state index in [1.807, 2.05) is 0 Å². The number of aliphatic hydroxyl groups excluding tert-OH is 1. The molecule has 0 aromatic carbocycles. The molecule has 0 radical (unpaired) electrons. The van der Waals surface area contributed by atoms with E-state index in [-0.39, 0.29) is 0 Å². The standard InChI is InChI=1S/C24H46O3/c1-2-3-4-5-6-7-8-9-10-11-12-13-14-15-16-17-18-19-20-21-22-23(25)24(26)27/h7-8,23,25H,2-6,9-22H2,1H3,(H,26,27). The summed E-state index contributed by atoms with van der Waals surface area (Å²) < 4.78 is 0. The molecule has 0 spiro atoms. The molecule has 1 atom stereocenters. The van der Waals surface area contributed by atoms with E-state index in [1.54, 1.807) is 0 Å². The Balaban J connectivity index is 3.11. The maximum Gasteiger partial charge on any atom is 0.332 e. The largest absolute Gasteiger partial charge is 0.479 e. The topological polar surface area (TPSA) is 57.5 Å². The molecule has 1 unspecified atom stereocenters. The molecule has 0 aliphatic rings. The second-order valence-corrected chi connectivity index (χ2v) is 7.99. The van der Waals surface area contributed by atoms with Gasteiger partial charge >= 0.3 is 5.97 Å². The van der Waals surface area contributed by atoms with Crippen LogP contribution in [0.25, 0.3) is 0 Å². The van der Waals surface area contributed by atoms with Gasteiger partial charge in [0.1, 0.15) is 0 Å². The first-order valence-electron chi connectivity index (χ1n) is 11.7. The van der Waals surface area contributed by atoms with Crippen LogP contribution in [0.4, 0.5) is 0 Å². The summed E-state index contributed by atoms with van der Waals surface area (Å²) in [6.45, 7) is 2.26. The molecule has 0 fully saturated rings. The van der Waals surface area contributed by atoms with Crippen molar-refractivity contribution in [2.45, 2.75) is 135 Å². The van der Waals surface area contributed by atoms with Crippen molar-refractivity contribution in [1.82, 2.24) is 0 Å². The van der Waals surface area contributed by atoms with Crippen molar-refractivity contribution in [2.24, 2.45) is 0 Å². The zero-order chi connectivity index (χ0) is 20.0. The molecule has 2 N–H and O–H groups in total. The van der Waals surface area contributed by atoms with Crippen LogP contribution in [0.1, 0.15) is 129 Å². The van der Waals surface area contributed by atoms with Crippen molar-refractivity contribution < 1.29 is 15.0 Å². The summed E-state index contributed by atoms with van der Waals surface area (Å²) in [5.74, 6) is -1.09. The van der Waals surface area contributed by atoms with Gasteiger partial charge < -0.3 is 10.2 Å². The zero-order valence-corrected chi connectivity index (χ0v) is 18.0. The Morgan fingerprint density at radius 3 is 1.44 bits per heavy atom. The van der Waals surface area contributed by atoms with E-state index in [9.17, 15) is 9.90 Å². The van der Waals surface area contributed by atoms with Gasteiger partial charge in [-0.2, -0.15) is 0 Å². The van der Waals surface area contributed by atoms with Crippen LogP contribution in [-0.2, 0) is 4.79 Å². The molecule has 27 heavy (non-hydrogen) atoms. The summed E-state index contributed by atoms with van der Waals surface area (Å²) in [6, 6.07) is 0. The first-order valence-corrected chi connectivity index (χ1v) is 11.7. The Kier molecular flexibility index (Phi) is 20.8. The molecular weight excluding hydrogens is 336 g/mol. The van der Waals surface area contributed by atoms with E-state index < -0.39 is 12.1 Å². The third-order valence-electron chi connectivity index (χ3n) is 5.27. The van der Waals surface area contributed by atoms with Gasteiger partial charge in [-0.1, -0.05) is 109 Å². The molecule has 0 aromatic heterocycles. The lowest BCUT2D eigenvalue weighted by Crippen LogP contribution is -2.18. The van der Waals surface area contributed by atoms with Crippen LogP contribution in [0.2, 0.25) is 0 Å². The van der Waals surface area contributed by atoms with E-state index in [1.165, 1.54) is 103 Å². The third kappa shape index (κ3) is 21.3. The SMILES string of the molecule is CCCCCCC=CCCCCCCCCCCCCCCC(O)C(=O)O. The molecule has 0 heterocycles. The molecule has 3 heteroatoms. The Bertz CT molecular complexity index is 339. The van der Waals surface area contributed by atoms with Crippen molar-refractivity contribution in [3.63, 3.8) is 0 Å². The third-order valence-corrected chi connectivity index (χ3v) is 5.27. The predicted octanol–water partition coefficient (Wildman–Crippen LogP) is 7.42. The van der Waals surface area contributed by atoms with Gasteiger partial charge in [0, 0.05) is 0 Å². The number of rotatable bonds is 21. The normalized spacial score (nSPS) is 12.7. The van der Waals surface area contributed by atoms with Crippen LogP contribution in [0.15, 0.2) is 12.2 Å². The van der Waals surface area contributed by atoms with Crippen molar-refractivity contribution in [3.8, 4) is 0 Å². The Morgan fingerprint density at radius 2 is 1.04 bits per heavy atom. The number of carbonyl (C=O) groups is 1. The van der Waals surface area contributed by atoms with E-state index in [0.29, 0.717) is 6.42 Å². The first kappa shape index (κ1) is 26.2. The molecule has 0 aliphatic heterocycles. The molecule has 160 valence electrons. The van der Waals surface area contributed by atoms with Crippen LogP contribution in [-0.4, -0.2) is 22.3 Å². The highest BCUT2D eigenvalue weighted by Gasteiger charge is 2.11. The van der Waals surface area contributed by atoms with Crippen LogP contribution in [0.5, 0.6) is 0 Å². The molecular formula is C24H46O3. The van der Waals surface area contributed by atoms with Crippen LogP contribution >= 0.6 is 0 Å². The van der Waals surface area contributed by atoms with Crippen LogP contribution in [0, 0.1) is 0 Å². The summed E-state index contributed by atoms with van der Waals surface area (Å²) in [5.41, 5.74) is 0. The lowest BCUT2D eigenvalue weighted by Gasteiger charge is -2.05. The quantitative estimate of drug-likeness (QED) is 0.160. The van der Waals surface area contributed by atoms with Gasteiger partial charge in [-0.3, -0.25) is 0 Å². The van der Waals surface area contributed by atoms with Crippen molar-refractivity contribution >= 4 is 5.97 Å². The van der Waals surface area contributed by atoms with Gasteiger partial charge in [-0.25, -0.2) is 4.79 Å². The molecule has 0 saturated heterocycles. The maximum absolute atomic E-state index is 10.5. The minimum Gasteiger partial charge on any atom is -0.479 e. The van der Waals surface area contributed by atoms with E-state index in [4.69, 9.17) is 5.11 Å². The predicted molar refractivity (Wildman–Crippen MR) is 116 cm³/mol. The van der Waals surface area contributed by atoms with Crippen molar-refractivity contribution in [1.29, 1.82) is 0 Å². The minimum absolute atomic E-state index is 0.393. The van der Waals surface area contributed by atoms with Gasteiger partial charge in [0.05, 0.1) is 0 Å². The average Bonchev–Trinajstić information content (AvgIpc) is 2.66. The number of aliphatic hydroxyl groups is 1. The van der Waals surface area contributed by atoms with E-state index >= 15 is 0 Å². The highest BCUT2D eigenvalue weighted by atomic mass is 16.4. The Hall–Kier alpha value is -0.830. The zero-order valence-electron chi connectivity index (χ0n) is 18.0.